The van der Waals surface area contributed by atoms with Crippen molar-refractivity contribution in [3.8, 4) is 23.0 Å². The highest BCUT2D eigenvalue weighted by Crippen LogP contribution is 2.33. The second-order valence-corrected chi connectivity index (χ2v) is 22.3. The second kappa shape index (κ2) is 21.9. The fourth-order valence-electron chi connectivity index (χ4n) is 7.32. The highest BCUT2D eigenvalue weighted by atomic mass is 35.5. The molecule has 66 heavy (non-hydrogen) atoms. The van der Waals surface area contributed by atoms with Crippen LogP contribution in [-0.4, -0.2) is 116 Å². The molecule has 0 atom stereocenters. The van der Waals surface area contributed by atoms with Gasteiger partial charge in [0.1, 0.15) is 11.5 Å². The molecule has 14 nitrogen and oxygen atoms in total. The number of ether oxygens (including phenoxy) is 4. The van der Waals surface area contributed by atoms with Crippen molar-refractivity contribution in [1.29, 1.82) is 0 Å². The van der Waals surface area contributed by atoms with Crippen LogP contribution in [0.5, 0.6) is 23.0 Å². The molecular weight excluding hydrogens is 1010 g/mol. The Morgan fingerprint density at radius 1 is 0.500 bits per heavy atom. The largest absolute Gasteiger partial charge is 0.497 e. The van der Waals surface area contributed by atoms with Crippen molar-refractivity contribution in [2.24, 2.45) is 0 Å². The minimum Gasteiger partial charge on any atom is -0.497 e. The fraction of sp³-hybridized carbons (Fsp3) is 0.318. The van der Waals surface area contributed by atoms with E-state index in [2.05, 4.69) is 9.80 Å². The lowest BCUT2D eigenvalue weighted by Gasteiger charge is -2.33. The normalized spacial score (nSPS) is 15.0. The zero-order valence-corrected chi connectivity index (χ0v) is 42.5. The van der Waals surface area contributed by atoms with Crippen LogP contribution in [0, 0.1) is 0 Å². The Morgan fingerprint density at radius 2 is 0.909 bits per heavy atom. The Kier molecular flexibility index (Phi) is 16.5. The number of thiazole rings is 2. The van der Waals surface area contributed by atoms with Gasteiger partial charge in [-0.25, -0.2) is 26.8 Å². The Morgan fingerprint density at radius 3 is 1.30 bits per heavy atom. The van der Waals surface area contributed by atoms with Crippen LogP contribution >= 0.6 is 69.1 Å². The summed E-state index contributed by atoms with van der Waals surface area (Å²) in [5.41, 5.74) is 4.00. The van der Waals surface area contributed by atoms with Gasteiger partial charge in [0.15, 0.2) is 21.8 Å². The van der Waals surface area contributed by atoms with Gasteiger partial charge < -0.3 is 28.7 Å². The summed E-state index contributed by atoms with van der Waals surface area (Å²) in [6.45, 7) is 3.63. The van der Waals surface area contributed by atoms with Crippen molar-refractivity contribution < 1.29 is 35.8 Å². The smallest absolute Gasteiger partial charge is 0.243 e. The molecule has 22 heteroatoms. The van der Waals surface area contributed by atoms with Gasteiger partial charge in [-0.05, 0) is 71.8 Å². The third-order valence-electron chi connectivity index (χ3n) is 10.7. The maximum Gasteiger partial charge on any atom is 0.243 e. The minimum absolute atomic E-state index is 0.110. The molecule has 2 aliphatic rings. The van der Waals surface area contributed by atoms with E-state index in [1.54, 1.807) is 51.1 Å². The molecule has 0 bridgehead atoms. The van der Waals surface area contributed by atoms with Crippen molar-refractivity contribution in [1.82, 2.24) is 18.6 Å². The predicted octanol–water partition coefficient (Wildman–Crippen LogP) is 9.14. The summed E-state index contributed by atoms with van der Waals surface area (Å²) in [5, 5.41) is 7.00. The third kappa shape index (κ3) is 12.1. The molecule has 4 aromatic carbocycles. The molecule has 0 saturated carbocycles. The lowest BCUT2D eigenvalue weighted by molar-refractivity contribution is 0.354. The van der Waals surface area contributed by atoms with Crippen LogP contribution in [-0.2, 0) is 32.9 Å². The van der Waals surface area contributed by atoms with E-state index in [0.29, 0.717) is 96.8 Å². The highest BCUT2D eigenvalue weighted by Gasteiger charge is 2.31. The van der Waals surface area contributed by atoms with Gasteiger partial charge in [-0.15, -0.1) is 22.7 Å². The summed E-state index contributed by atoms with van der Waals surface area (Å²) < 4.78 is 76.3. The van der Waals surface area contributed by atoms with Crippen LogP contribution in [0.25, 0.3) is 0 Å². The van der Waals surface area contributed by atoms with E-state index in [1.807, 2.05) is 47.2 Å². The summed E-state index contributed by atoms with van der Waals surface area (Å²) in [4.78, 5) is 14.0. The topological polar surface area (TPSA) is 144 Å². The van der Waals surface area contributed by atoms with Crippen molar-refractivity contribution in [3.63, 3.8) is 0 Å². The van der Waals surface area contributed by atoms with Gasteiger partial charge in [0.2, 0.25) is 20.0 Å². The number of anilines is 2. The molecule has 4 heterocycles. The molecule has 0 radical (unpaired) electrons. The molecule has 0 aliphatic carbocycles. The SMILES string of the molecule is COc1cc(Cc2csc(N3CCN(S(=O)(=O)c4cc(Cl)cc(Cl)c4)CC3)n2)cc(OC)c1.COc1ccc(Cc2csc(N3CCN(S(=O)(=O)c4cc(Cl)cc(Cl)c4)CC3)n2)cc1OC. The predicted molar refractivity (Wildman–Crippen MR) is 264 cm³/mol. The Balaban J connectivity index is 0.000000196. The van der Waals surface area contributed by atoms with E-state index in [0.717, 1.165) is 44.3 Å². The molecular formula is C44H46Cl4N6O8S4. The van der Waals surface area contributed by atoms with Gasteiger partial charge >= 0.3 is 0 Å². The molecule has 6 aromatic rings. The zero-order valence-electron chi connectivity index (χ0n) is 36.2. The summed E-state index contributed by atoms with van der Waals surface area (Å²) in [6.07, 6.45) is 1.31. The van der Waals surface area contributed by atoms with E-state index in [9.17, 15) is 16.8 Å². The van der Waals surface area contributed by atoms with Crippen molar-refractivity contribution in [2.45, 2.75) is 22.6 Å². The van der Waals surface area contributed by atoms with E-state index in [4.69, 9.17) is 75.3 Å². The van der Waals surface area contributed by atoms with Crippen LogP contribution < -0.4 is 28.7 Å². The maximum absolute atomic E-state index is 13.0. The van der Waals surface area contributed by atoms with E-state index in [1.165, 1.54) is 45.0 Å². The molecule has 0 unspecified atom stereocenters. The first-order valence-corrected chi connectivity index (χ1v) is 26.5. The van der Waals surface area contributed by atoms with Crippen LogP contribution in [0.3, 0.4) is 0 Å². The minimum atomic E-state index is -3.66. The molecule has 0 spiro atoms. The van der Waals surface area contributed by atoms with Crippen molar-refractivity contribution >= 4 is 99.4 Å². The van der Waals surface area contributed by atoms with Gasteiger partial charge in [0.25, 0.3) is 0 Å². The average molecular weight is 1060 g/mol. The van der Waals surface area contributed by atoms with Crippen LogP contribution in [0.15, 0.2) is 93.3 Å². The summed E-state index contributed by atoms with van der Waals surface area (Å²) in [7, 11) is -0.851. The molecule has 352 valence electrons. The number of rotatable bonds is 14. The Labute approximate surface area is 413 Å². The molecule has 2 fully saturated rings. The summed E-state index contributed by atoms with van der Waals surface area (Å²) >= 11 is 27.1. The van der Waals surface area contributed by atoms with Gasteiger partial charge in [0.05, 0.1) is 49.6 Å². The molecule has 2 aromatic heterocycles. The number of hydrogen-bond acceptors (Lipinski definition) is 14. The number of piperazine rings is 2. The van der Waals surface area contributed by atoms with E-state index >= 15 is 0 Å². The maximum atomic E-state index is 13.0. The van der Waals surface area contributed by atoms with Crippen LogP contribution in [0.4, 0.5) is 10.3 Å². The first-order chi connectivity index (χ1) is 31.6. The first-order valence-electron chi connectivity index (χ1n) is 20.3. The number of sulfonamides is 2. The molecule has 0 N–H and O–H groups in total. The Bertz CT molecular complexity index is 2810. The van der Waals surface area contributed by atoms with Crippen molar-refractivity contribution in [3.05, 3.63) is 126 Å². The second-order valence-electron chi connectivity index (χ2n) is 15.0. The highest BCUT2D eigenvalue weighted by molar-refractivity contribution is 7.89. The molecule has 2 aliphatic heterocycles. The lowest BCUT2D eigenvalue weighted by atomic mass is 10.1. The average Bonchev–Trinajstić information content (AvgIpc) is 3.98. The summed E-state index contributed by atoms with van der Waals surface area (Å²) in [6, 6.07) is 20.3. The van der Waals surface area contributed by atoms with Crippen LogP contribution in [0.2, 0.25) is 20.1 Å². The standard InChI is InChI=1S/2C22H23Cl2N3O4S2/c1-30-19-8-15(9-20(13-19)31-2)7-18-14-32-22(25-18)26-3-5-27(6-4-26)33(28,29)21-11-16(23)10-17(24)12-21;1-30-20-4-3-15(10-21(20)31-2)9-18-14-32-22(25-18)26-5-7-27(8-6-26)33(28,29)19-12-16(23)11-17(24)13-19/h8-14H,3-7H2,1-2H3;3-4,10-14H,5-9H2,1-2H3. The van der Waals surface area contributed by atoms with Crippen LogP contribution in [0.1, 0.15) is 22.5 Å². The van der Waals surface area contributed by atoms with Gasteiger partial charge in [-0.2, -0.15) is 8.61 Å². The number of hydrogen-bond donors (Lipinski definition) is 0. The number of nitrogens with zero attached hydrogens (tertiary/aromatic N) is 6. The quantitative estimate of drug-likeness (QED) is 0.103. The zero-order chi connectivity index (χ0) is 47.2. The number of benzene rings is 4. The number of halogens is 4. The van der Waals surface area contributed by atoms with Gasteiger partial charge in [0, 0.05) is 102 Å². The number of methoxy groups -OCH3 is 4. The van der Waals surface area contributed by atoms with Gasteiger partial charge in [-0.3, -0.25) is 0 Å². The monoisotopic (exact) mass is 1050 g/mol. The molecule has 0 amide bonds. The van der Waals surface area contributed by atoms with Crippen molar-refractivity contribution in [2.75, 3.05) is 90.6 Å². The number of aromatic nitrogens is 2. The van der Waals surface area contributed by atoms with E-state index in [-0.39, 0.29) is 9.79 Å². The van der Waals surface area contributed by atoms with Gasteiger partial charge in [-0.1, -0.05) is 52.5 Å². The molecule has 2 saturated heterocycles. The molecule has 8 rings (SSSR count). The lowest BCUT2D eigenvalue weighted by Crippen LogP contribution is -2.48. The first kappa shape index (κ1) is 49.8. The third-order valence-corrected chi connectivity index (χ3v) is 17.2. The summed E-state index contributed by atoms with van der Waals surface area (Å²) in [5.74, 6) is 2.84. The van der Waals surface area contributed by atoms with E-state index < -0.39 is 20.0 Å². The Hall–Kier alpha value is -4.08. The fourth-order valence-corrected chi connectivity index (χ4v) is 13.4.